The first-order valence-electron chi connectivity index (χ1n) is 5.15. The summed E-state index contributed by atoms with van der Waals surface area (Å²) >= 11 is 7.09. The van der Waals surface area contributed by atoms with Gasteiger partial charge in [-0.25, -0.2) is 9.78 Å². The van der Waals surface area contributed by atoms with Gasteiger partial charge in [0.25, 0.3) is 0 Å². The molecule has 1 aromatic heterocycles. The molecule has 0 fully saturated rings. The van der Waals surface area contributed by atoms with Crippen LogP contribution in [0.15, 0.2) is 24.4 Å². The predicted molar refractivity (Wildman–Crippen MR) is 72.9 cm³/mol. The third-order valence-electron chi connectivity index (χ3n) is 2.23. The minimum Gasteiger partial charge on any atom is -0.465 e. The summed E-state index contributed by atoms with van der Waals surface area (Å²) in [5, 5.41) is 12.7. The number of nitriles is 1. The van der Waals surface area contributed by atoms with Gasteiger partial charge in [-0.15, -0.1) is 0 Å². The van der Waals surface area contributed by atoms with Gasteiger partial charge in [-0.05, 0) is 18.2 Å². The van der Waals surface area contributed by atoms with Gasteiger partial charge in [0.2, 0.25) is 0 Å². The Bertz CT molecular complexity index is 663. The number of methoxy groups -OCH3 is 1. The molecule has 1 heterocycles. The van der Waals surface area contributed by atoms with E-state index in [1.807, 2.05) is 6.07 Å². The van der Waals surface area contributed by atoms with Crippen molar-refractivity contribution in [1.29, 1.82) is 5.26 Å². The Labute approximate surface area is 118 Å². The molecule has 0 aliphatic carbocycles. The van der Waals surface area contributed by atoms with E-state index < -0.39 is 5.97 Å². The predicted octanol–water partition coefficient (Wildman–Crippen LogP) is 3.20. The maximum atomic E-state index is 11.3. The normalized spacial score (nSPS) is 9.74. The maximum absolute atomic E-state index is 11.3. The number of hydrogen-bond donors (Lipinski definition) is 1. The molecule has 0 aliphatic heterocycles. The van der Waals surface area contributed by atoms with Gasteiger partial charge >= 0.3 is 5.97 Å². The van der Waals surface area contributed by atoms with Gasteiger partial charge in [-0.2, -0.15) is 5.26 Å². The molecule has 0 saturated carbocycles. The summed E-state index contributed by atoms with van der Waals surface area (Å²) in [7, 11) is 1.32. The smallest absolute Gasteiger partial charge is 0.349 e. The summed E-state index contributed by atoms with van der Waals surface area (Å²) in [6, 6.07) is 6.93. The topological polar surface area (TPSA) is 75.0 Å². The Morgan fingerprint density at radius 2 is 2.37 bits per heavy atom. The fourth-order valence-corrected chi connectivity index (χ4v) is 2.31. The van der Waals surface area contributed by atoms with E-state index in [9.17, 15) is 4.79 Å². The first-order chi connectivity index (χ1) is 9.13. The molecular formula is C12H8ClN3O2S. The van der Waals surface area contributed by atoms with Crippen LogP contribution < -0.4 is 5.32 Å². The van der Waals surface area contributed by atoms with E-state index in [1.54, 1.807) is 18.2 Å². The Hall–Kier alpha value is -2.10. The van der Waals surface area contributed by atoms with Crippen LogP contribution >= 0.6 is 22.9 Å². The van der Waals surface area contributed by atoms with Crippen LogP contribution in [0.1, 0.15) is 15.2 Å². The lowest BCUT2D eigenvalue weighted by atomic mass is 10.2. The van der Waals surface area contributed by atoms with Crippen LogP contribution in [0.2, 0.25) is 5.02 Å². The van der Waals surface area contributed by atoms with Crippen LogP contribution in [0, 0.1) is 11.3 Å². The van der Waals surface area contributed by atoms with Crippen LogP contribution in [-0.4, -0.2) is 18.1 Å². The number of hydrogen-bond acceptors (Lipinski definition) is 6. The summed E-state index contributed by atoms with van der Waals surface area (Å²) in [5.74, 6) is -0.427. The average molecular weight is 294 g/mol. The molecule has 0 amide bonds. The third-order valence-corrected chi connectivity index (χ3v) is 3.44. The quantitative estimate of drug-likeness (QED) is 0.880. The molecule has 0 unspecified atom stereocenters. The second-order valence-electron chi connectivity index (χ2n) is 3.45. The number of thiazole rings is 1. The monoisotopic (exact) mass is 293 g/mol. The first-order valence-corrected chi connectivity index (χ1v) is 6.34. The second kappa shape index (κ2) is 5.69. The molecular weight excluding hydrogens is 286 g/mol. The van der Waals surface area contributed by atoms with E-state index >= 15 is 0 Å². The number of aromatic nitrogens is 1. The largest absolute Gasteiger partial charge is 0.465 e. The minimum absolute atomic E-state index is 0.359. The Kier molecular flexibility index (Phi) is 4.00. The van der Waals surface area contributed by atoms with Gasteiger partial charge in [-0.1, -0.05) is 22.9 Å². The molecule has 2 rings (SSSR count). The van der Waals surface area contributed by atoms with E-state index in [1.165, 1.54) is 24.6 Å². The van der Waals surface area contributed by atoms with Gasteiger partial charge in [0, 0.05) is 5.69 Å². The number of benzene rings is 1. The van der Waals surface area contributed by atoms with Crippen LogP contribution in [0.3, 0.4) is 0 Å². The zero-order valence-electron chi connectivity index (χ0n) is 9.81. The zero-order chi connectivity index (χ0) is 13.8. The molecule has 0 bridgehead atoms. The Morgan fingerprint density at radius 3 is 3.00 bits per heavy atom. The van der Waals surface area contributed by atoms with Crippen LogP contribution in [-0.2, 0) is 4.74 Å². The molecule has 5 nitrogen and oxygen atoms in total. The van der Waals surface area contributed by atoms with Crippen molar-refractivity contribution < 1.29 is 9.53 Å². The van der Waals surface area contributed by atoms with Gasteiger partial charge < -0.3 is 10.1 Å². The van der Waals surface area contributed by atoms with Crippen molar-refractivity contribution in [2.24, 2.45) is 0 Å². The van der Waals surface area contributed by atoms with Crippen molar-refractivity contribution in [2.75, 3.05) is 12.4 Å². The lowest BCUT2D eigenvalue weighted by Gasteiger charge is -2.03. The summed E-state index contributed by atoms with van der Waals surface area (Å²) < 4.78 is 4.60. The Morgan fingerprint density at radius 1 is 1.58 bits per heavy atom. The summed E-state index contributed by atoms with van der Waals surface area (Å²) in [6.45, 7) is 0. The number of rotatable bonds is 3. The molecule has 1 aromatic carbocycles. The van der Waals surface area contributed by atoms with Crippen molar-refractivity contribution in [1.82, 2.24) is 4.98 Å². The number of halogens is 1. The highest BCUT2D eigenvalue weighted by Gasteiger charge is 2.10. The molecule has 1 N–H and O–H groups in total. The number of carbonyl (C=O) groups is 1. The zero-order valence-corrected chi connectivity index (χ0v) is 11.4. The van der Waals surface area contributed by atoms with Crippen molar-refractivity contribution in [3.8, 4) is 6.07 Å². The average Bonchev–Trinajstić information content (AvgIpc) is 2.86. The molecule has 0 aliphatic rings. The second-order valence-corrected chi connectivity index (χ2v) is 4.89. The number of anilines is 2. The van der Waals surface area contributed by atoms with Crippen molar-refractivity contribution in [2.45, 2.75) is 0 Å². The van der Waals surface area contributed by atoms with Crippen molar-refractivity contribution >= 4 is 39.7 Å². The fraction of sp³-hybridized carbons (Fsp3) is 0.0833. The third kappa shape index (κ3) is 3.02. The highest BCUT2D eigenvalue weighted by atomic mass is 35.5. The summed E-state index contributed by atoms with van der Waals surface area (Å²) in [5.41, 5.74) is 1.09. The van der Waals surface area contributed by atoms with Gasteiger partial charge in [0.1, 0.15) is 10.9 Å². The van der Waals surface area contributed by atoms with Gasteiger partial charge in [-0.3, -0.25) is 0 Å². The van der Waals surface area contributed by atoms with E-state index in [0.29, 0.717) is 26.3 Å². The summed E-state index contributed by atoms with van der Waals surface area (Å²) in [4.78, 5) is 15.7. The highest BCUT2D eigenvalue weighted by Crippen LogP contribution is 2.26. The number of carbonyl (C=O) groups excluding carboxylic acids is 1. The first kappa shape index (κ1) is 13.3. The van der Waals surface area contributed by atoms with E-state index in [0.717, 1.165) is 0 Å². The van der Waals surface area contributed by atoms with Crippen LogP contribution in [0.25, 0.3) is 0 Å². The fourth-order valence-electron chi connectivity index (χ4n) is 1.33. The number of esters is 1. The standard InChI is InChI=1S/C12H8ClN3O2S/c1-18-11(17)10-6-15-12(19-10)16-8-3-2-7(5-14)9(13)4-8/h2-4,6H,1H3,(H,15,16). The molecule has 19 heavy (non-hydrogen) atoms. The molecule has 0 atom stereocenters. The van der Waals surface area contributed by atoms with E-state index in [2.05, 4.69) is 15.0 Å². The Balaban J connectivity index is 2.18. The lowest BCUT2D eigenvalue weighted by molar-refractivity contribution is 0.0606. The van der Waals surface area contributed by atoms with Gasteiger partial charge in [0.05, 0.1) is 23.9 Å². The lowest BCUT2D eigenvalue weighted by Crippen LogP contribution is -1.96. The summed E-state index contributed by atoms with van der Waals surface area (Å²) in [6.07, 6.45) is 1.43. The van der Waals surface area contributed by atoms with Crippen molar-refractivity contribution in [3.05, 3.63) is 39.9 Å². The number of ether oxygens (including phenoxy) is 1. The molecule has 0 spiro atoms. The van der Waals surface area contributed by atoms with Gasteiger partial charge in [0.15, 0.2) is 5.13 Å². The van der Waals surface area contributed by atoms with Crippen LogP contribution in [0.5, 0.6) is 0 Å². The van der Waals surface area contributed by atoms with E-state index in [-0.39, 0.29) is 0 Å². The van der Waals surface area contributed by atoms with Crippen LogP contribution in [0.4, 0.5) is 10.8 Å². The number of nitrogens with one attached hydrogen (secondary N) is 1. The van der Waals surface area contributed by atoms with E-state index in [4.69, 9.17) is 16.9 Å². The molecule has 2 aromatic rings. The maximum Gasteiger partial charge on any atom is 0.349 e. The molecule has 0 radical (unpaired) electrons. The molecule has 7 heteroatoms. The van der Waals surface area contributed by atoms with Crippen molar-refractivity contribution in [3.63, 3.8) is 0 Å². The molecule has 96 valence electrons. The SMILES string of the molecule is COC(=O)c1cnc(Nc2ccc(C#N)c(Cl)c2)s1. The highest BCUT2D eigenvalue weighted by molar-refractivity contribution is 7.17. The molecule has 0 saturated heterocycles. The number of nitrogens with zero attached hydrogens (tertiary/aromatic N) is 2. The minimum atomic E-state index is -0.427.